The van der Waals surface area contributed by atoms with Gasteiger partial charge in [0.25, 0.3) is 0 Å². The third-order valence-corrected chi connectivity index (χ3v) is 6.76. The predicted octanol–water partition coefficient (Wildman–Crippen LogP) is 10.4. The Morgan fingerprint density at radius 3 is 1.79 bits per heavy atom. The van der Waals surface area contributed by atoms with Gasteiger partial charge in [-0.25, -0.2) is 4.79 Å². The molecule has 0 spiro atoms. The Morgan fingerprint density at radius 2 is 1.21 bits per heavy atom. The molecule has 0 unspecified atom stereocenters. The Labute approximate surface area is 228 Å². The number of azo groups is 1. The molecule has 5 heteroatoms. The summed E-state index contributed by atoms with van der Waals surface area (Å²) in [5, 5.41) is 8.59. The summed E-state index contributed by atoms with van der Waals surface area (Å²) < 4.78 is 11.3. The Hall–Kier alpha value is -3.47. The van der Waals surface area contributed by atoms with E-state index in [0.717, 1.165) is 24.3 Å². The summed E-state index contributed by atoms with van der Waals surface area (Å²) in [6, 6.07) is 22.3. The molecule has 0 aliphatic carbocycles. The van der Waals surface area contributed by atoms with Crippen molar-refractivity contribution in [3.63, 3.8) is 0 Å². The zero-order valence-corrected chi connectivity index (χ0v) is 23.2. The van der Waals surface area contributed by atoms with Crippen LogP contribution in [0.2, 0.25) is 0 Å². The lowest BCUT2D eigenvalue weighted by Gasteiger charge is -2.08. The van der Waals surface area contributed by atoms with E-state index in [9.17, 15) is 4.79 Å². The average Bonchev–Trinajstić information content (AvgIpc) is 2.96. The summed E-state index contributed by atoms with van der Waals surface area (Å²) in [5.74, 6) is 1.36. The third-order valence-electron chi connectivity index (χ3n) is 6.76. The van der Waals surface area contributed by atoms with Crippen LogP contribution in [0.5, 0.6) is 11.5 Å². The molecule has 0 fully saturated rings. The Bertz CT molecular complexity index is 1110. The molecule has 0 heterocycles. The molecular formula is C33H42N2O3. The van der Waals surface area contributed by atoms with Crippen LogP contribution in [0.15, 0.2) is 83.0 Å². The van der Waals surface area contributed by atoms with Crippen molar-refractivity contribution >= 4 is 17.3 Å². The third kappa shape index (κ3) is 10.1. The molecule has 3 rings (SSSR count). The molecule has 0 radical (unpaired) electrons. The molecule has 38 heavy (non-hydrogen) atoms. The number of carbonyl (C=O) groups excluding carboxylic acids is 1. The van der Waals surface area contributed by atoms with Gasteiger partial charge >= 0.3 is 5.97 Å². The maximum Gasteiger partial charge on any atom is 0.343 e. The first-order valence-electron chi connectivity index (χ1n) is 14.2. The summed E-state index contributed by atoms with van der Waals surface area (Å²) in [7, 11) is 0. The van der Waals surface area contributed by atoms with Crippen molar-refractivity contribution in [2.45, 2.75) is 84.5 Å². The van der Waals surface area contributed by atoms with Crippen molar-refractivity contribution in [2.75, 3.05) is 6.61 Å². The number of carbonyl (C=O) groups is 1. The van der Waals surface area contributed by atoms with Crippen molar-refractivity contribution in [3.05, 3.63) is 83.9 Å². The van der Waals surface area contributed by atoms with E-state index < -0.39 is 5.97 Å². The van der Waals surface area contributed by atoms with Gasteiger partial charge in [-0.15, -0.1) is 0 Å². The first-order chi connectivity index (χ1) is 18.6. The van der Waals surface area contributed by atoms with E-state index in [1.165, 1.54) is 50.5 Å². The average molecular weight is 515 g/mol. The molecule has 0 aliphatic rings. The lowest BCUT2D eigenvalue weighted by atomic mass is 9.99. The standard InChI is InChI=1S/C33H42N2O3/c1-4-6-7-8-9-10-11-12-25-37-31-21-15-28(16-22-31)33(36)38-32-23-19-30(20-24-32)35-34-29-17-13-27(14-18-29)26(3)5-2/h13-24,26H,4-12,25H2,1-3H3/t26-/m0/s1. The van der Waals surface area contributed by atoms with Gasteiger partial charge in [0.2, 0.25) is 0 Å². The summed E-state index contributed by atoms with van der Waals surface area (Å²) in [5.41, 5.74) is 3.28. The highest BCUT2D eigenvalue weighted by atomic mass is 16.5. The van der Waals surface area contributed by atoms with Crippen LogP contribution >= 0.6 is 0 Å². The Morgan fingerprint density at radius 1 is 0.684 bits per heavy atom. The molecule has 0 bridgehead atoms. The van der Waals surface area contributed by atoms with Crippen LogP contribution in [-0.4, -0.2) is 12.6 Å². The van der Waals surface area contributed by atoms with E-state index in [-0.39, 0.29) is 0 Å². The van der Waals surface area contributed by atoms with Gasteiger partial charge in [0.05, 0.1) is 23.5 Å². The van der Waals surface area contributed by atoms with E-state index in [2.05, 4.69) is 43.1 Å². The molecular weight excluding hydrogens is 472 g/mol. The van der Waals surface area contributed by atoms with Crippen LogP contribution in [0.25, 0.3) is 0 Å². The molecule has 5 nitrogen and oxygen atoms in total. The molecule has 0 amide bonds. The van der Waals surface area contributed by atoms with Gasteiger partial charge in [-0.3, -0.25) is 0 Å². The minimum absolute atomic E-state index is 0.407. The zero-order valence-electron chi connectivity index (χ0n) is 23.2. The minimum atomic E-state index is -0.407. The van der Waals surface area contributed by atoms with Crippen molar-refractivity contribution in [1.82, 2.24) is 0 Å². The second kappa shape index (κ2) is 16.4. The molecule has 0 aromatic heterocycles. The summed E-state index contributed by atoms with van der Waals surface area (Å²) >= 11 is 0. The van der Waals surface area contributed by atoms with Crippen LogP contribution in [0.3, 0.4) is 0 Å². The summed E-state index contributed by atoms with van der Waals surface area (Å²) in [6.07, 6.45) is 11.3. The first kappa shape index (κ1) is 29.1. The second-order valence-corrected chi connectivity index (χ2v) is 9.83. The molecule has 0 saturated carbocycles. The van der Waals surface area contributed by atoms with Crippen LogP contribution < -0.4 is 9.47 Å². The van der Waals surface area contributed by atoms with Crippen LogP contribution in [0, 0.1) is 0 Å². The van der Waals surface area contributed by atoms with Gasteiger partial charge in [-0.1, -0.05) is 77.8 Å². The van der Waals surface area contributed by atoms with Gasteiger partial charge in [0.1, 0.15) is 11.5 Å². The number of esters is 1. The fraction of sp³-hybridized carbons (Fsp3) is 0.424. The smallest absolute Gasteiger partial charge is 0.343 e. The van der Waals surface area contributed by atoms with Gasteiger partial charge < -0.3 is 9.47 Å². The lowest BCUT2D eigenvalue weighted by molar-refractivity contribution is 0.0734. The Balaban J connectivity index is 1.39. The lowest BCUT2D eigenvalue weighted by Crippen LogP contribution is -2.08. The molecule has 0 saturated heterocycles. The second-order valence-electron chi connectivity index (χ2n) is 9.83. The molecule has 0 aliphatic heterocycles. The quantitative estimate of drug-likeness (QED) is 0.0826. The maximum atomic E-state index is 12.5. The van der Waals surface area contributed by atoms with E-state index >= 15 is 0 Å². The minimum Gasteiger partial charge on any atom is -0.494 e. The van der Waals surface area contributed by atoms with Crippen molar-refractivity contribution in [2.24, 2.45) is 10.2 Å². The number of hydrogen-bond donors (Lipinski definition) is 0. The summed E-state index contributed by atoms with van der Waals surface area (Å²) in [4.78, 5) is 12.5. The van der Waals surface area contributed by atoms with Gasteiger partial charge in [-0.2, -0.15) is 10.2 Å². The van der Waals surface area contributed by atoms with E-state index in [0.29, 0.717) is 29.5 Å². The van der Waals surface area contributed by atoms with Crippen LogP contribution in [0.4, 0.5) is 11.4 Å². The molecule has 0 N–H and O–H groups in total. The van der Waals surface area contributed by atoms with Gasteiger partial charge in [0.15, 0.2) is 0 Å². The number of ether oxygens (including phenoxy) is 2. The largest absolute Gasteiger partial charge is 0.494 e. The SMILES string of the molecule is CCCCCCCCCCOc1ccc(C(=O)Oc2ccc(N=Nc3ccc([C@@H](C)CC)cc3)cc2)cc1. The fourth-order valence-corrected chi connectivity index (χ4v) is 4.08. The number of hydrogen-bond acceptors (Lipinski definition) is 5. The molecule has 202 valence electrons. The zero-order chi connectivity index (χ0) is 27.0. The van der Waals surface area contributed by atoms with Crippen LogP contribution in [0.1, 0.15) is 100 Å². The van der Waals surface area contributed by atoms with E-state index in [4.69, 9.17) is 9.47 Å². The first-order valence-corrected chi connectivity index (χ1v) is 14.2. The highest BCUT2D eigenvalue weighted by Crippen LogP contribution is 2.25. The number of unbranched alkanes of at least 4 members (excludes halogenated alkanes) is 7. The monoisotopic (exact) mass is 514 g/mol. The molecule has 3 aromatic carbocycles. The number of nitrogens with zero attached hydrogens (tertiary/aromatic N) is 2. The number of rotatable bonds is 16. The van der Waals surface area contributed by atoms with Gasteiger partial charge in [0, 0.05) is 0 Å². The van der Waals surface area contributed by atoms with Crippen molar-refractivity contribution < 1.29 is 14.3 Å². The van der Waals surface area contributed by atoms with Crippen molar-refractivity contribution in [3.8, 4) is 11.5 Å². The van der Waals surface area contributed by atoms with Gasteiger partial charge in [-0.05, 0) is 85.0 Å². The predicted molar refractivity (Wildman–Crippen MR) is 155 cm³/mol. The van der Waals surface area contributed by atoms with Crippen molar-refractivity contribution in [1.29, 1.82) is 0 Å². The molecule has 1 atom stereocenters. The highest BCUT2D eigenvalue weighted by Gasteiger charge is 2.09. The van der Waals surface area contributed by atoms with E-state index in [1.54, 1.807) is 36.4 Å². The maximum absolute atomic E-state index is 12.5. The number of benzene rings is 3. The molecule has 3 aromatic rings. The topological polar surface area (TPSA) is 60.2 Å². The highest BCUT2D eigenvalue weighted by molar-refractivity contribution is 5.91. The van der Waals surface area contributed by atoms with Crippen LogP contribution in [-0.2, 0) is 0 Å². The Kier molecular flexibility index (Phi) is 12.5. The summed E-state index contributed by atoms with van der Waals surface area (Å²) in [6.45, 7) is 7.35. The van der Waals surface area contributed by atoms with E-state index in [1.807, 2.05) is 24.3 Å². The fourth-order valence-electron chi connectivity index (χ4n) is 4.08. The normalized spacial score (nSPS) is 12.0.